The lowest BCUT2D eigenvalue weighted by molar-refractivity contribution is -0.123. The molecule has 6 heteroatoms. The molecule has 1 aliphatic heterocycles. The molecule has 0 aromatic heterocycles. The Bertz CT molecular complexity index is 645. The van der Waals surface area contributed by atoms with Crippen molar-refractivity contribution >= 4 is 11.6 Å². The van der Waals surface area contributed by atoms with Crippen LogP contribution < -0.4 is 10.2 Å². The molecule has 0 spiro atoms. The van der Waals surface area contributed by atoms with Gasteiger partial charge >= 0.3 is 0 Å². The standard InChI is InChI=1S/C18H24N4O2/c1-18(13-19,14-6-7-14)20-17(24)12-21-8-10-22(11-9-21)15-4-2-3-5-16(15)23/h2-5,14,23H,6-12H2,1H3,(H,20,24)/t18-/m0/s1. The van der Waals surface area contributed by atoms with Gasteiger partial charge in [-0.2, -0.15) is 5.26 Å². The number of nitrogens with zero attached hydrogens (tertiary/aromatic N) is 3. The van der Waals surface area contributed by atoms with Crippen LogP contribution in [0, 0.1) is 17.2 Å². The molecule has 24 heavy (non-hydrogen) atoms. The molecule has 2 N–H and O–H groups in total. The highest BCUT2D eigenvalue weighted by atomic mass is 16.3. The largest absolute Gasteiger partial charge is 0.506 e. The van der Waals surface area contributed by atoms with Crippen LogP contribution in [0.15, 0.2) is 24.3 Å². The van der Waals surface area contributed by atoms with Crippen molar-refractivity contribution in [2.75, 3.05) is 37.6 Å². The first-order valence-electron chi connectivity index (χ1n) is 8.49. The Labute approximate surface area is 142 Å². The SMILES string of the molecule is C[C@@](C#N)(NC(=O)CN1CCN(c2ccccc2O)CC1)C1CC1. The Balaban J connectivity index is 1.50. The van der Waals surface area contributed by atoms with Crippen molar-refractivity contribution in [1.29, 1.82) is 5.26 Å². The van der Waals surface area contributed by atoms with Crippen LogP contribution in [-0.4, -0.2) is 54.2 Å². The number of piperazine rings is 1. The molecule has 1 aromatic carbocycles. The molecule has 1 atom stereocenters. The number of phenolic OH excluding ortho intramolecular Hbond substituents is 1. The summed E-state index contributed by atoms with van der Waals surface area (Å²) >= 11 is 0. The number of para-hydroxylation sites is 2. The van der Waals surface area contributed by atoms with Gasteiger partial charge in [0.2, 0.25) is 5.91 Å². The number of nitrogens with one attached hydrogen (secondary N) is 1. The molecule has 1 saturated heterocycles. The molecule has 1 saturated carbocycles. The molecule has 6 nitrogen and oxygen atoms in total. The van der Waals surface area contributed by atoms with Crippen LogP contribution in [-0.2, 0) is 4.79 Å². The number of hydrogen-bond donors (Lipinski definition) is 2. The maximum Gasteiger partial charge on any atom is 0.235 e. The van der Waals surface area contributed by atoms with E-state index < -0.39 is 5.54 Å². The molecule has 2 fully saturated rings. The average Bonchev–Trinajstić information content (AvgIpc) is 3.41. The number of amides is 1. The van der Waals surface area contributed by atoms with E-state index in [-0.39, 0.29) is 11.7 Å². The molecule has 3 rings (SSSR count). The molecule has 128 valence electrons. The van der Waals surface area contributed by atoms with Crippen molar-refractivity contribution in [3.8, 4) is 11.8 Å². The van der Waals surface area contributed by atoms with Crippen LogP contribution >= 0.6 is 0 Å². The van der Waals surface area contributed by atoms with E-state index in [1.165, 1.54) is 0 Å². The zero-order valence-corrected chi connectivity index (χ0v) is 14.0. The van der Waals surface area contributed by atoms with Crippen molar-refractivity contribution < 1.29 is 9.90 Å². The fraction of sp³-hybridized carbons (Fsp3) is 0.556. The Morgan fingerprint density at radius 1 is 1.33 bits per heavy atom. The molecule has 0 bridgehead atoms. The Morgan fingerprint density at radius 2 is 2.00 bits per heavy atom. The number of hydrogen-bond acceptors (Lipinski definition) is 5. The van der Waals surface area contributed by atoms with Gasteiger partial charge in [-0.25, -0.2) is 0 Å². The maximum atomic E-state index is 12.3. The lowest BCUT2D eigenvalue weighted by Gasteiger charge is -2.36. The molecular weight excluding hydrogens is 304 g/mol. The summed E-state index contributed by atoms with van der Waals surface area (Å²) in [5.74, 6) is 0.504. The monoisotopic (exact) mass is 328 g/mol. The number of carbonyl (C=O) groups excluding carboxylic acids is 1. The predicted octanol–water partition coefficient (Wildman–Crippen LogP) is 1.32. The maximum absolute atomic E-state index is 12.3. The summed E-state index contributed by atoms with van der Waals surface area (Å²) in [6.07, 6.45) is 2.03. The summed E-state index contributed by atoms with van der Waals surface area (Å²) in [4.78, 5) is 16.5. The van der Waals surface area contributed by atoms with Crippen molar-refractivity contribution in [3.63, 3.8) is 0 Å². The smallest absolute Gasteiger partial charge is 0.235 e. The average molecular weight is 328 g/mol. The molecule has 1 amide bonds. The van der Waals surface area contributed by atoms with E-state index in [1.807, 2.05) is 25.1 Å². The predicted molar refractivity (Wildman–Crippen MR) is 91.6 cm³/mol. The van der Waals surface area contributed by atoms with E-state index in [4.69, 9.17) is 0 Å². The van der Waals surface area contributed by atoms with Crippen molar-refractivity contribution in [1.82, 2.24) is 10.2 Å². The second-order valence-corrected chi connectivity index (χ2v) is 6.89. The summed E-state index contributed by atoms with van der Waals surface area (Å²) in [5.41, 5.74) is 0.113. The first-order chi connectivity index (χ1) is 11.5. The fourth-order valence-corrected chi connectivity index (χ4v) is 3.29. The summed E-state index contributed by atoms with van der Waals surface area (Å²) < 4.78 is 0. The lowest BCUT2D eigenvalue weighted by atomic mass is 9.98. The molecule has 0 radical (unpaired) electrons. The minimum Gasteiger partial charge on any atom is -0.506 e. The third kappa shape index (κ3) is 3.62. The summed E-state index contributed by atoms with van der Waals surface area (Å²) in [5, 5.41) is 22.2. The third-order valence-electron chi connectivity index (χ3n) is 4.99. The number of rotatable bonds is 5. The van der Waals surface area contributed by atoms with Gasteiger partial charge in [0.15, 0.2) is 0 Å². The first kappa shape index (κ1) is 16.6. The fourth-order valence-electron chi connectivity index (χ4n) is 3.29. The van der Waals surface area contributed by atoms with Crippen LogP contribution in [0.3, 0.4) is 0 Å². The van der Waals surface area contributed by atoms with E-state index in [9.17, 15) is 15.2 Å². The van der Waals surface area contributed by atoms with E-state index >= 15 is 0 Å². The lowest BCUT2D eigenvalue weighted by Crippen LogP contribution is -2.53. The van der Waals surface area contributed by atoms with Gasteiger partial charge in [-0.1, -0.05) is 12.1 Å². The van der Waals surface area contributed by atoms with Crippen molar-refractivity contribution in [2.24, 2.45) is 5.92 Å². The van der Waals surface area contributed by atoms with Gasteiger partial charge in [-0.3, -0.25) is 9.69 Å². The van der Waals surface area contributed by atoms with Gasteiger partial charge in [0.1, 0.15) is 11.3 Å². The van der Waals surface area contributed by atoms with Crippen LogP contribution in [0.4, 0.5) is 5.69 Å². The zero-order chi connectivity index (χ0) is 17.2. The van der Waals surface area contributed by atoms with Crippen molar-refractivity contribution in [3.05, 3.63) is 24.3 Å². The molecule has 0 unspecified atom stereocenters. The number of nitriles is 1. The molecule has 2 aliphatic rings. The highest BCUT2D eigenvalue weighted by Crippen LogP contribution is 2.39. The van der Waals surface area contributed by atoms with E-state index in [2.05, 4.69) is 21.2 Å². The number of phenols is 1. The van der Waals surface area contributed by atoms with Gasteiger partial charge in [-0.05, 0) is 37.8 Å². The van der Waals surface area contributed by atoms with E-state index in [1.54, 1.807) is 6.07 Å². The number of anilines is 1. The van der Waals surface area contributed by atoms with Gasteiger partial charge in [0, 0.05) is 26.2 Å². The van der Waals surface area contributed by atoms with Gasteiger partial charge in [-0.15, -0.1) is 0 Å². The normalized spacial score (nSPS) is 20.9. The van der Waals surface area contributed by atoms with Crippen molar-refractivity contribution in [2.45, 2.75) is 25.3 Å². The van der Waals surface area contributed by atoms with E-state index in [0.717, 1.165) is 44.7 Å². The molecule has 1 aromatic rings. The van der Waals surface area contributed by atoms with Crippen LogP contribution in [0.5, 0.6) is 5.75 Å². The number of aromatic hydroxyl groups is 1. The summed E-state index contributed by atoms with van der Waals surface area (Å²) in [6.45, 7) is 5.19. The van der Waals surface area contributed by atoms with Gasteiger partial charge in [0.25, 0.3) is 0 Å². The second-order valence-electron chi connectivity index (χ2n) is 6.89. The topological polar surface area (TPSA) is 79.6 Å². The first-order valence-corrected chi connectivity index (χ1v) is 8.49. The summed E-state index contributed by atoms with van der Waals surface area (Å²) in [7, 11) is 0. The highest BCUT2D eigenvalue weighted by Gasteiger charge is 2.43. The Hall–Kier alpha value is -2.26. The highest BCUT2D eigenvalue weighted by molar-refractivity contribution is 5.79. The Morgan fingerprint density at radius 3 is 2.58 bits per heavy atom. The van der Waals surface area contributed by atoms with Crippen LogP contribution in [0.2, 0.25) is 0 Å². The minimum absolute atomic E-state index is 0.0815. The minimum atomic E-state index is -0.727. The Kier molecular flexibility index (Phi) is 4.63. The zero-order valence-electron chi connectivity index (χ0n) is 14.0. The van der Waals surface area contributed by atoms with E-state index in [0.29, 0.717) is 12.5 Å². The van der Waals surface area contributed by atoms with Gasteiger partial charge in [0.05, 0.1) is 18.3 Å². The summed E-state index contributed by atoms with van der Waals surface area (Å²) in [6, 6.07) is 9.58. The number of carbonyl (C=O) groups is 1. The van der Waals surface area contributed by atoms with Crippen LogP contribution in [0.1, 0.15) is 19.8 Å². The molecular formula is C18H24N4O2. The number of benzene rings is 1. The quantitative estimate of drug-likeness (QED) is 0.852. The molecule has 1 heterocycles. The van der Waals surface area contributed by atoms with Gasteiger partial charge < -0.3 is 15.3 Å². The third-order valence-corrected chi connectivity index (χ3v) is 4.99. The second kappa shape index (κ2) is 6.70. The van der Waals surface area contributed by atoms with Crippen LogP contribution in [0.25, 0.3) is 0 Å². The molecule has 1 aliphatic carbocycles.